The first-order valence-corrected chi connectivity index (χ1v) is 13.0. The summed E-state index contributed by atoms with van der Waals surface area (Å²) in [6.07, 6.45) is 1.29. The maximum Gasteiger partial charge on any atom is 0.243 e. The van der Waals surface area contributed by atoms with Crippen LogP contribution in [0.5, 0.6) is 0 Å². The van der Waals surface area contributed by atoms with Crippen LogP contribution < -0.4 is 5.32 Å². The van der Waals surface area contributed by atoms with Crippen molar-refractivity contribution in [2.75, 3.05) is 18.4 Å². The van der Waals surface area contributed by atoms with Crippen molar-refractivity contribution in [2.24, 2.45) is 5.92 Å². The van der Waals surface area contributed by atoms with Gasteiger partial charge in [-0.2, -0.15) is 4.31 Å². The molecule has 0 aliphatic carbocycles. The minimum absolute atomic E-state index is 0.170. The molecule has 1 atom stereocenters. The molecule has 10 heteroatoms. The number of piperidine rings is 1. The molecule has 1 N–H and O–H groups in total. The number of amides is 1. The van der Waals surface area contributed by atoms with Crippen molar-refractivity contribution in [1.82, 2.24) is 14.3 Å². The first-order valence-electron chi connectivity index (χ1n) is 9.94. The molecule has 0 bridgehead atoms. The van der Waals surface area contributed by atoms with Crippen LogP contribution in [0.3, 0.4) is 0 Å². The molecule has 1 unspecified atom stereocenters. The summed E-state index contributed by atoms with van der Waals surface area (Å²) >= 11 is 3.04. The van der Waals surface area contributed by atoms with Gasteiger partial charge in [0.15, 0.2) is 5.13 Å². The van der Waals surface area contributed by atoms with Gasteiger partial charge in [-0.15, -0.1) is 11.3 Å². The summed E-state index contributed by atoms with van der Waals surface area (Å²) in [4.78, 5) is 22.3. The SMILES string of the molecule is Cc1nc2c(ccc3nc(NC(=O)C4CCCN(S(=O)(=O)c5ccccc5)C4)sc32)s1. The summed E-state index contributed by atoms with van der Waals surface area (Å²) in [5.41, 5.74) is 1.71. The lowest BCUT2D eigenvalue weighted by Gasteiger charge is -2.31. The Bertz CT molecular complexity index is 1380. The second kappa shape index (κ2) is 7.94. The number of sulfonamides is 1. The molecule has 31 heavy (non-hydrogen) atoms. The van der Waals surface area contributed by atoms with E-state index in [0.29, 0.717) is 24.5 Å². The van der Waals surface area contributed by atoms with E-state index in [9.17, 15) is 13.2 Å². The summed E-state index contributed by atoms with van der Waals surface area (Å²) in [6.45, 7) is 2.56. The molecular formula is C21H20N4O3S3. The molecule has 7 nitrogen and oxygen atoms in total. The van der Waals surface area contributed by atoms with Crippen LogP contribution in [0, 0.1) is 12.8 Å². The summed E-state index contributed by atoms with van der Waals surface area (Å²) in [5, 5.41) is 4.41. The van der Waals surface area contributed by atoms with Crippen LogP contribution in [0.4, 0.5) is 5.13 Å². The monoisotopic (exact) mass is 472 g/mol. The Morgan fingerprint density at radius 1 is 1.13 bits per heavy atom. The number of hydrogen-bond donors (Lipinski definition) is 1. The number of carbonyl (C=O) groups is 1. The average molecular weight is 473 g/mol. The Labute approximate surface area is 187 Å². The first kappa shape index (κ1) is 20.5. The number of aryl methyl sites for hydroxylation is 1. The van der Waals surface area contributed by atoms with E-state index in [1.807, 2.05) is 19.1 Å². The number of benzene rings is 2. The highest BCUT2D eigenvalue weighted by molar-refractivity contribution is 7.89. The standard InChI is InChI=1S/C21H20N4O3S3/c1-13-22-18-17(29-13)10-9-16-19(18)30-21(23-16)24-20(26)14-6-5-11-25(12-14)31(27,28)15-7-3-2-4-8-15/h2-4,7-10,14H,5-6,11-12H2,1H3,(H,23,24,26). The van der Waals surface area contributed by atoms with Crippen LogP contribution in [-0.4, -0.2) is 41.7 Å². The van der Waals surface area contributed by atoms with E-state index in [0.717, 1.165) is 25.4 Å². The third-order valence-corrected chi connectivity index (χ3v) is 9.20. The summed E-state index contributed by atoms with van der Waals surface area (Å²) in [6, 6.07) is 12.3. The van der Waals surface area contributed by atoms with Gasteiger partial charge in [0.05, 0.1) is 30.7 Å². The van der Waals surface area contributed by atoms with Crippen LogP contribution in [0.2, 0.25) is 0 Å². The molecule has 5 rings (SSSR count). The van der Waals surface area contributed by atoms with E-state index in [4.69, 9.17) is 0 Å². The second-order valence-corrected chi connectivity index (χ2v) is 11.7. The second-order valence-electron chi connectivity index (χ2n) is 7.52. The van der Waals surface area contributed by atoms with Crippen molar-refractivity contribution in [2.45, 2.75) is 24.7 Å². The summed E-state index contributed by atoms with van der Waals surface area (Å²) in [5.74, 6) is -0.612. The fourth-order valence-corrected chi connectivity index (χ4v) is 7.27. The molecule has 0 radical (unpaired) electrons. The van der Waals surface area contributed by atoms with E-state index in [-0.39, 0.29) is 17.3 Å². The molecule has 1 amide bonds. The van der Waals surface area contributed by atoms with E-state index in [1.54, 1.807) is 41.7 Å². The van der Waals surface area contributed by atoms with Gasteiger partial charge in [0.2, 0.25) is 15.9 Å². The lowest BCUT2D eigenvalue weighted by Crippen LogP contribution is -2.43. The van der Waals surface area contributed by atoms with Gasteiger partial charge < -0.3 is 5.32 Å². The van der Waals surface area contributed by atoms with Gasteiger partial charge >= 0.3 is 0 Å². The predicted octanol–water partition coefficient (Wildman–Crippen LogP) is 4.25. The minimum Gasteiger partial charge on any atom is -0.302 e. The molecule has 0 spiro atoms. The Morgan fingerprint density at radius 2 is 1.94 bits per heavy atom. The molecule has 1 aliphatic rings. The molecule has 4 aromatic rings. The normalized spacial score (nSPS) is 17.9. The van der Waals surface area contributed by atoms with Crippen LogP contribution in [0.15, 0.2) is 47.4 Å². The maximum atomic E-state index is 12.9. The fourth-order valence-electron chi connectivity index (χ4n) is 3.86. The molecule has 160 valence electrons. The van der Waals surface area contributed by atoms with Gasteiger partial charge in [0.1, 0.15) is 5.52 Å². The molecule has 0 saturated carbocycles. The number of anilines is 1. The average Bonchev–Trinajstić information content (AvgIpc) is 3.36. The molecule has 1 saturated heterocycles. The number of hydrogen-bond acceptors (Lipinski definition) is 7. The van der Waals surface area contributed by atoms with Crippen LogP contribution in [-0.2, 0) is 14.8 Å². The van der Waals surface area contributed by atoms with Crippen LogP contribution in [0.25, 0.3) is 20.4 Å². The lowest BCUT2D eigenvalue weighted by atomic mass is 9.99. The summed E-state index contributed by atoms with van der Waals surface area (Å²) in [7, 11) is -3.61. The molecular weight excluding hydrogens is 452 g/mol. The quantitative estimate of drug-likeness (QED) is 0.479. The van der Waals surface area contributed by atoms with Crippen molar-refractivity contribution in [1.29, 1.82) is 0 Å². The lowest BCUT2D eigenvalue weighted by molar-refractivity contribution is -0.120. The van der Waals surface area contributed by atoms with Gasteiger partial charge in [0, 0.05) is 13.1 Å². The highest BCUT2D eigenvalue weighted by Gasteiger charge is 2.33. The van der Waals surface area contributed by atoms with E-state index >= 15 is 0 Å². The Kier molecular flexibility index (Phi) is 5.25. The zero-order valence-corrected chi connectivity index (χ0v) is 19.2. The van der Waals surface area contributed by atoms with Gasteiger partial charge in [-0.1, -0.05) is 29.5 Å². The fraction of sp³-hybridized carbons (Fsp3) is 0.286. The van der Waals surface area contributed by atoms with Gasteiger partial charge in [0.25, 0.3) is 0 Å². The third kappa shape index (κ3) is 3.84. The number of rotatable bonds is 4. The largest absolute Gasteiger partial charge is 0.302 e. The van der Waals surface area contributed by atoms with Crippen molar-refractivity contribution < 1.29 is 13.2 Å². The molecule has 2 aromatic carbocycles. The van der Waals surface area contributed by atoms with Gasteiger partial charge in [-0.05, 0) is 44.0 Å². The number of fused-ring (bicyclic) bond motifs is 3. The Hall–Kier alpha value is -2.40. The zero-order valence-electron chi connectivity index (χ0n) is 16.7. The Morgan fingerprint density at radius 3 is 2.74 bits per heavy atom. The Balaban J connectivity index is 1.35. The molecule has 2 aromatic heterocycles. The number of nitrogens with one attached hydrogen (secondary N) is 1. The highest BCUT2D eigenvalue weighted by atomic mass is 32.2. The van der Waals surface area contributed by atoms with E-state index < -0.39 is 15.9 Å². The van der Waals surface area contributed by atoms with Crippen molar-refractivity contribution in [3.63, 3.8) is 0 Å². The number of carbonyl (C=O) groups excluding carboxylic acids is 1. The number of aromatic nitrogens is 2. The van der Waals surface area contributed by atoms with Gasteiger partial charge in [-0.25, -0.2) is 18.4 Å². The minimum atomic E-state index is -3.61. The number of thiazole rings is 2. The van der Waals surface area contributed by atoms with Crippen molar-refractivity contribution in [3.8, 4) is 0 Å². The highest BCUT2D eigenvalue weighted by Crippen LogP contribution is 2.35. The van der Waals surface area contributed by atoms with E-state index in [2.05, 4.69) is 15.3 Å². The molecule has 3 heterocycles. The van der Waals surface area contributed by atoms with Crippen molar-refractivity contribution in [3.05, 3.63) is 47.5 Å². The van der Waals surface area contributed by atoms with Gasteiger partial charge in [-0.3, -0.25) is 4.79 Å². The smallest absolute Gasteiger partial charge is 0.243 e. The molecule has 1 aliphatic heterocycles. The summed E-state index contributed by atoms with van der Waals surface area (Å²) < 4.78 is 29.3. The zero-order chi connectivity index (χ0) is 21.6. The van der Waals surface area contributed by atoms with Crippen LogP contribution >= 0.6 is 22.7 Å². The van der Waals surface area contributed by atoms with E-state index in [1.165, 1.54) is 15.6 Å². The van der Waals surface area contributed by atoms with Crippen molar-refractivity contribution >= 4 is 64.2 Å². The van der Waals surface area contributed by atoms with Crippen LogP contribution in [0.1, 0.15) is 17.8 Å². The maximum absolute atomic E-state index is 12.9. The first-order chi connectivity index (χ1) is 14.9. The predicted molar refractivity (Wildman–Crippen MR) is 124 cm³/mol. The third-order valence-electron chi connectivity index (χ3n) is 5.39. The molecule has 1 fully saturated rings. The number of nitrogens with zero attached hydrogens (tertiary/aromatic N) is 3. The topological polar surface area (TPSA) is 92.3 Å².